The van der Waals surface area contributed by atoms with Crippen molar-refractivity contribution in [1.29, 1.82) is 0 Å². The van der Waals surface area contributed by atoms with Gasteiger partial charge in [0.2, 0.25) is 0 Å². The molecule has 2 saturated heterocycles. The molecule has 0 amide bonds. The molecule has 0 saturated carbocycles. The third-order valence-corrected chi connectivity index (χ3v) is 4.01. The fourth-order valence-corrected chi connectivity index (χ4v) is 3.00. The van der Waals surface area contributed by atoms with Crippen molar-refractivity contribution in [3.63, 3.8) is 0 Å². The van der Waals surface area contributed by atoms with Gasteiger partial charge < -0.3 is 10.1 Å². The number of nitrogens with one attached hydrogen (secondary N) is 1. The van der Waals surface area contributed by atoms with Crippen molar-refractivity contribution in [1.82, 2.24) is 5.32 Å². The molecule has 1 N–H and O–H groups in total. The SMILES string of the molecule is Fc1ccc(OC[C@H]2CCC3CCC2N3)cc1. The van der Waals surface area contributed by atoms with Gasteiger partial charge in [-0.25, -0.2) is 4.39 Å². The maximum Gasteiger partial charge on any atom is 0.123 e. The first-order valence-electron chi connectivity index (χ1n) is 6.46. The lowest BCUT2D eigenvalue weighted by Gasteiger charge is -2.30. The van der Waals surface area contributed by atoms with Gasteiger partial charge in [0.1, 0.15) is 11.6 Å². The zero-order valence-electron chi connectivity index (χ0n) is 9.86. The molecular weight excluding hydrogens is 217 g/mol. The Morgan fingerprint density at radius 1 is 1.12 bits per heavy atom. The van der Waals surface area contributed by atoms with Gasteiger partial charge in [0, 0.05) is 18.0 Å². The number of hydrogen-bond acceptors (Lipinski definition) is 2. The Morgan fingerprint density at radius 3 is 2.71 bits per heavy atom. The summed E-state index contributed by atoms with van der Waals surface area (Å²) in [4.78, 5) is 0. The van der Waals surface area contributed by atoms with E-state index in [1.54, 1.807) is 12.1 Å². The molecule has 2 aliphatic rings. The van der Waals surface area contributed by atoms with Gasteiger partial charge in [0.05, 0.1) is 6.61 Å². The van der Waals surface area contributed by atoms with Crippen LogP contribution >= 0.6 is 0 Å². The van der Waals surface area contributed by atoms with Crippen LogP contribution in [0.3, 0.4) is 0 Å². The molecule has 2 nitrogen and oxygen atoms in total. The van der Waals surface area contributed by atoms with E-state index < -0.39 is 0 Å². The number of halogens is 1. The van der Waals surface area contributed by atoms with E-state index >= 15 is 0 Å². The predicted octanol–water partition coefficient (Wildman–Crippen LogP) is 2.74. The van der Waals surface area contributed by atoms with E-state index in [9.17, 15) is 4.39 Å². The lowest BCUT2D eigenvalue weighted by Crippen LogP contribution is -2.42. The Bertz CT molecular complexity index is 378. The van der Waals surface area contributed by atoms with Crippen molar-refractivity contribution in [2.24, 2.45) is 5.92 Å². The lowest BCUT2D eigenvalue weighted by atomic mass is 9.93. The summed E-state index contributed by atoms with van der Waals surface area (Å²) >= 11 is 0. The summed E-state index contributed by atoms with van der Waals surface area (Å²) in [6.45, 7) is 0.746. The topological polar surface area (TPSA) is 21.3 Å². The van der Waals surface area contributed by atoms with Crippen molar-refractivity contribution in [3.05, 3.63) is 30.1 Å². The highest BCUT2D eigenvalue weighted by atomic mass is 19.1. The van der Waals surface area contributed by atoms with Gasteiger partial charge in [-0.2, -0.15) is 0 Å². The fourth-order valence-electron chi connectivity index (χ4n) is 3.00. The van der Waals surface area contributed by atoms with Crippen molar-refractivity contribution >= 4 is 0 Å². The molecule has 3 atom stereocenters. The Kier molecular flexibility index (Phi) is 3.02. The standard InChI is InChI=1S/C14H18FNO/c15-11-2-6-13(7-3-11)17-9-10-1-4-12-5-8-14(10)16-12/h2-3,6-7,10,12,14,16H,1,4-5,8-9H2/t10-,12?,14?/m1/s1. The Balaban J connectivity index is 1.55. The van der Waals surface area contributed by atoms with Crippen LogP contribution in [0.1, 0.15) is 25.7 Å². The zero-order valence-corrected chi connectivity index (χ0v) is 9.86. The smallest absolute Gasteiger partial charge is 0.123 e. The van der Waals surface area contributed by atoms with E-state index in [1.807, 2.05) is 0 Å². The molecule has 2 heterocycles. The van der Waals surface area contributed by atoms with Crippen molar-refractivity contribution < 1.29 is 9.13 Å². The second-order valence-corrected chi connectivity index (χ2v) is 5.15. The number of hydrogen-bond donors (Lipinski definition) is 1. The highest BCUT2D eigenvalue weighted by Gasteiger charge is 2.35. The molecule has 0 aliphatic carbocycles. The summed E-state index contributed by atoms with van der Waals surface area (Å²) in [6.07, 6.45) is 5.12. The van der Waals surface area contributed by atoms with Gasteiger partial charge in [-0.15, -0.1) is 0 Å². The van der Waals surface area contributed by atoms with E-state index in [2.05, 4.69) is 5.32 Å². The maximum atomic E-state index is 12.7. The average molecular weight is 235 g/mol. The minimum Gasteiger partial charge on any atom is -0.493 e. The van der Waals surface area contributed by atoms with Crippen molar-refractivity contribution in [2.75, 3.05) is 6.61 Å². The molecular formula is C14H18FNO. The highest BCUT2D eigenvalue weighted by molar-refractivity contribution is 5.22. The summed E-state index contributed by atoms with van der Waals surface area (Å²) in [5, 5.41) is 3.65. The van der Waals surface area contributed by atoms with Crippen LogP contribution in [0.5, 0.6) is 5.75 Å². The maximum absolute atomic E-state index is 12.7. The molecule has 2 bridgehead atoms. The van der Waals surface area contributed by atoms with Gasteiger partial charge in [-0.3, -0.25) is 0 Å². The molecule has 1 aromatic carbocycles. The monoisotopic (exact) mass is 235 g/mol. The van der Waals surface area contributed by atoms with Crippen LogP contribution < -0.4 is 10.1 Å². The quantitative estimate of drug-likeness (QED) is 0.869. The van der Waals surface area contributed by atoms with E-state index in [0.717, 1.165) is 18.4 Å². The van der Waals surface area contributed by atoms with Crippen LogP contribution in [0.2, 0.25) is 0 Å². The molecule has 2 unspecified atom stereocenters. The van der Waals surface area contributed by atoms with Crippen molar-refractivity contribution in [2.45, 2.75) is 37.8 Å². The van der Waals surface area contributed by atoms with Gasteiger partial charge in [-0.1, -0.05) is 0 Å². The summed E-state index contributed by atoms with van der Waals surface area (Å²) in [5.41, 5.74) is 0. The summed E-state index contributed by atoms with van der Waals surface area (Å²) in [6, 6.07) is 7.67. The number of fused-ring (bicyclic) bond motifs is 2. The summed E-state index contributed by atoms with van der Waals surface area (Å²) < 4.78 is 18.5. The molecule has 0 aromatic heterocycles. The molecule has 3 rings (SSSR count). The zero-order chi connectivity index (χ0) is 11.7. The third kappa shape index (κ3) is 2.44. The number of benzene rings is 1. The summed E-state index contributed by atoms with van der Waals surface area (Å²) in [7, 11) is 0. The van der Waals surface area contributed by atoms with Crippen molar-refractivity contribution in [3.8, 4) is 5.75 Å². The Morgan fingerprint density at radius 2 is 1.88 bits per heavy atom. The van der Waals surface area contributed by atoms with E-state index in [4.69, 9.17) is 4.74 Å². The van der Waals surface area contributed by atoms with E-state index in [-0.39, 0.29) is 5.82 Å². The van der Waals surface area contributed by atoms with Crippen LogP contribution in [0.15, 0.2) is 24.3 Å². The van der Waals surface area contributed by atoms with Crippen LogP contribution in [-0.4, -0.2) is 18.7 Å². The van der Waals surface area contributed by atoms with Crippen LogP contribution in [0, 0.1) is 11.7 Å². The minimum absolute atomic E-state index is 0.213. The Hall–Kier alpha value is -1.09. The third-order valence-electron chi connectivity index (χ3n) is 4.01. The number of ether oxygens (including phenoxy) is 1. The molecule has 2 aliphatic heterocycles. The van der Waals surface area contributed by atoms with Gasteiger partial charge >= 0.3 is 0 Å². The van der Waals surface area contributed by atoms with E-state index in [1.165, 1.54) is 37.8 Å². The second-order valence-electron chi connectivity index (χ2n) is 5.15. The Labute approximate surface area is 101 Å². The first kappa shape index (κ1) is 11.0. The fraction of sp³-hybridized carbons (Fsp3) is 0.571. The summed E-state index contributed by atoms with van der Waals surface area (Å²) in [5.74, 6) is 1.17. The first-order chi connectivity index (χ1) is 8.31. The average Bonchev–Trinajstić information content (AvgIpc) is 2.73. The van der Waals surface area contributed by atoms with Crippen LogP contribution in [0.25, 0.3) is 0 Å². The first-order valence-corrected chi connectivity index (χ1v) is 6.46. The molecule has 3 heteroatoms. The van der Waals surface area contributed by atoms with Gasteiger partial charge in [-0.05, 0) is 49.9 Å². The highest BCUT2D eigenvalue weighted by Crippen LogP contribution is 2.31. The number of piperidine rings is 1. The molecule has 2 fully saturated rings. The van der Waals surface area contributed by atoms with Crippen LogP contribution in [0.4, 0.5) is 4.39 Å². The molecule has 17 heavy (non-hydrogen) atoms. The largest absolute Gasteiger partial charge is 0.493 e. The molecule has 92 valence electrons. The molecule has 1 aromatic rings. The predicted molar refractivity (Wildman–Crippen MR) is 64.6 cm³/mol. The van der Waals surface area contributed by atoms with Gasteiger partial charge in [0.15, 0.2) is 0 Å². The van der Waals surface area contributed by atoms with Gasteiger partial charge in [0.25, 0.3) is 0 Å². The molecule has 0 spiro atoms. The number of rotatable bonds is 3. The second kappa shape index (κ2) is 4.65. The lowest BCUT2D eigenvalue weighted by molar-refractivity contribution is 0.182. The minimum atomic E-state index is -0.213. The van der Waals surface area contributed by atoms with Crippen LogP contribution in [-0.2, 0) is 0 Å². The molecule has 0 radical (unpaired) electrons. The normalized spacial score (nSPS) is 31.5. The van der Waals surface area contributed by atoms with E-state index in [0.29, 0.717) is 12.0 Å².